The highest BCUT2D eigenvalue weighted by Gasteiger charge is 2.48. The van der Waals surface area contributed by atoms with Crippen molar-refractivity contribution in [2.75, 3.05) is 16.7 Å². The molecule has 1 fully saturated rings. The van der Waals surface area contributed by atoms with Crippen LogP contribution in [0.4, 0.5) is 5.69 Å². The Morgan fingerprint density at radius 3 is 2.88 bits per heavy atom. The molecule has 3 rings (SSSR count). The largest absolute Gasteiger partial charge is 0.316 e. The maximum atomic E-state index is 3.22. The van der Waals surface area contributed by atoms with Gasteiger partial charge in [0.25, 0.3) is 0 Å². The van der Waals surface area contributed by atoms with E-state index in [0.29, 0.717) is 5.41 Å². The summed E-state index contributed by atoms with van der Waals surface area (Å²) in [6.45, 7) is 2.17. The van der Waals surface area contributed by atoms with Crippen molar-refractivity contribution >= 4 is 28.6 Å². The minimum atomic E-state index is 0.565. The Balaban J connectivity index is 2.02. The van der Waals surface area contributed by atoms with Gasteiger partial charge in [-0.1, -0.05) is 12.1 Å². The van der Waals surface area contributed by atoms with Gasteiger partial charge in [0.05, 0.1) is 22.9 Å². The molecule has 3 heteroatoms. The molecule has 0 unspecified atom stereocenters. The van der Waals surface area contributed by atoms with Crippen molar-refractivity contribution in [2.45, 2.75) is 31.2 Å². The van der Waals surface area contributed by atoms with E-state index in [4.69, 9.17) is 0 Å². The van der Waals surface area contributed by atoms with Crippen molar-refractivity contribution in [3.63, 3.8) is 0 Å². The molecule has 0 saturated heterocycles. The summed E-state index contributed by atoms with van der Waals surface area (Å²) < 4.78 is 2.38. The summed E-state index contributed by atoms with van der Waals surface area (Å²) in [5.74, 6) is 0. The first kappa shape index (κ1) is 10.8. The van der Waals surface area contributed by atoms with Crippen LogP contribution in [0, 0.1) is 0 Å². The molecule has 1 aromatic carbocycles. The van der Waals surface area contributed by atoms with Gasteiger partial charge in [0.2, 0.25) is 0 Å². The number of rotatable bonds is 2. The Kier molecular flexibility index (Phi) is 2.63. The predicted octanol–water partition coefficient (Wildman–Crippen LogP) is 3.00. The molecule has 86 valence electrons. The molecular formula is C13H17IN2. The van der Waals surface area contributed by atoms with E-state index in [-0.39, 0.29) is 0 Å². The SMILES string of the molecule is CNCc1ccc2c(c1)N(I)CCC21CC1. The minimum absolute atomic E-state index is 0.565. The lowest BCUT2D eigenvalue weighted by molar-refractivity contribution is 0.610. The van der Waals surface area contributed by atoms with E-state index in [1.807, 2.05) is 7.05 Å². The van der Waals surface area contributed by atoms with Crippen LogP contribution in [-0.2, 0) is 12.0 Å². The molecule has 1 aliphatic carbocycles. The third-order valence-electron chi connectivity index (χ3n) is 3.92. The number of fused-ring (bicyclic) bond motifs is 2. The zero-order chi connectivity index (χ0) is 11.2. The molecule has 1 saturated carbocycles. The molecule has 1 heterocycles. The molecular weight excluding hydrogens is 311 g/mol. The quantitative estimate of drug-likeness (QED) is 0.663. The van der Waals surface area contributed by atoms with E-state index < -0.39 is 0 Å². The molecule has 16 heavy (non-hydrogen) atoms. The number of halogens is 1. The maximum Gasteiger partial charge on any atom is 0.0591 e. The molecule has 2 aliphatic rings. The predicted molar refractivity (Wildman–Crippen MR) is 76.1 cm³/mol. The lowest BCUT2D eigenvalue weighted by Gasteiger charge is -2.32. The van der Waals surface area contributed by atoms with Gasteiger partial charge in [0.15, 0.2) is 0 Å². The third kappa shape index (κ3) is 1.64. The molecule has 2 nitrogen and oxygen atoms in total. The van der Waals surface area contributed by atoms with Crippen LogP contribution < -0.4 is 8.43 Å². The highest BCUT2D eigenvalue weighted by Crippen LogP contribution is 2.56. The Bertz CT molecular complexity index is 412. The Morgan fingerprint density at radius 2 is 2.19 bits per heavy atom. The van der Waals surface area contributed by atoms with Crippen LogP contribution in [0.2, 0.25) is 0 Å². The van der Waals surface area contributed by atoms with Crippen LogP contribution >= 0.6 is 22.9 Å². The van der Waals surface area contributed by atoms with Gasteiger partial charge >= 0.3 is 0 Å². The van der Waals surface area contributed by atoms with Crippen molar-refractivity contribution < 1.29 is 0 Å². The molecule has 0 amide bonds. The van der Waals surface area contributed by atoms with Crippen LogP contribution in [0.15, 0.2) is 18.2 Å². The lowest BCUT2D eigenvalue weighted by Crippen LogP contribution is -2.26. The lowest BCUT2D eigenvalue weighted by atomic mass is 9.87. The van der Waals surface area contributed by atoms with Gasteiger partial charge in [-0.25, -0.2) is 0 Å². The second-order valence-electron chi connectivity index (χ2n) is 5.00. The molecule has 0 radical (unpaired) electrons. The minimum Gasteiger partial charge on any atom is -0.316 e. The smallest absolute Gasteiger partial charge is 0.0591 e. The fraction of sp³-hybridized carbons (Fsp3) is 0.538. The summed E-state index contributed by atoms with van der Waals surface area (Å²) in [6, 6.07) is 7.00. The summed E-state index contributed by atoms with van der Waals surface area (Å²) >= 11 is 2.45. The number of hydrogen-bond acceptors (Lipinski definition) is 2. The molecule has 0 bridgehead atoms. The zero-order valence-corrected chi connectivity index (χ0v) is 11.8. The number of nitrogens with one attached hydrogen (secondary N) is 1. The topological polar surface area (TPSA) is 15.3 Å². The second-order valence-corrected chi connectivity index (χ2v) is 6.16. The highest BCUT2D eigenvalue weighted by molar-refractivity contribution is 14.1. The summed E-state index contributed by atoms with van der Waals surface area (Å²) in [5.41, 5.74) is 5.00. The van der Waals surface area contributed by atoms with Crippen molar-refractivity contribution in [3.8, 4) is 0 Å². The van der Waals surface area contributed by atoms with E-state index in [9.17, 15) is 0 Å². The van der Waals surface area contributed by atoms with Crippen LogP contribution in [0.1, 0.15) is 30.4 Å². The molecule has 0 aromatic heterocycles. The maximum absolute atomic E-state index is 3.22. The number of hydrogen-bond donors (Lipinski definition) is 1. The van der Waals surface area contributed by atoms with Crippen LogP contribution in [0.3, 0.4) is 0 Å². The second kappa shape index (κ2) is 3.88. The van der Waals surface area contributed by atoms with Crippen LogP contribution in [-0.4, -0.2) is 13.6 Å². The monoisotopic (exact) mass is 328 g/mol. The summed E-state index contributed by atoms with van der Waals surface area (Å²) in [7, 11) is 2.00. The van der Waals surface area contributed by atoms with Gasteiger partial charge in [-0.3, -0.25) is 0 Å². The number of anilines is 1. The van der Waals surface area contributed by atoms with Crippen molar-refractivity contribution in [1.82, 2.24) is 5.32 Å². The van der Waals surface area contributed by atoms with Gasteiger partial charge in [0, 0.05) is 18.8 Å². The highest BCUT2D eigenvalue weighted by atomic mass is 127. The summed E-state index contributed by atoms with van der Waals surface area (Å²) in [4.78, 5) is 0. The Morgan fingerprint density at radius 1 is 1.38 bits per heavy atom. The van der Waals surface area contributed by atoms with E-state index in [1.54, 1.807) is 5.56 Å². The number of benzene rings is 1. The van der Waals surface area contributed by atoms with E-state index >= 15 is 0 Å². The van der Waals surface area contributed by atoms with Crippen LogP contribution in [0.25, 0.3) is 0 Å². The van der Waals surface area contributed by atoms with Crippen molar-refractivity contribution in [1.29, 1.82) is 0 Å². The van der Waals surface area contributed by atoms with Gasteiger partial charge < -0.3 is 8.43 Å². The van der Waals surface area contributed by atoms with Crippen molar-refractivity contribution in [3.05, 3.63) is 29.3 Å². The average molecular weight is 328 g/mol. The standard InChI is InChI=1S/C13H17IN2/c1-15-9-10-2-3-11-12(8-10)16(14)7-6-13(11)4-5-13/h2-3,8,15H,4-7,9H2,1H3. The van der Waals surface area contributed by atoms with E-state index in [2.05, 4.69) is 49.5 Å². The molecule has 1 aliphatic heterocycles. The third-order valence-corrected chi connectivity index (χ3v) is 4.92. The summed E-state index contributed by atoms with van der Waals surface area (Å²) in [6.07, 6.45) is 4.14. The molecule has 1 aromatic rings. The van der Waals surface area contributed by atoms with Gasteiger partial charge in [-0.05, 0) is 48.9 Å². The summed E-state index contributed by atoms with van der Waals surface area (Å²) in [5, 5.41) is 3.22. The molecule has 1 spiro atoms. The number of nitrogens with zero attached hydrogens (tertiary/aromatic N) is 1. The first-order valence-corrected chi connectivity index (χ1v) is 6.93. The molecule has 0 atom stereocenters. The van der Waals surface area contributed by atoms with Crippen molar-refractivity contribution in [2.24, 2.45) is 0 Å². The zero-order valence-electron chi connectivity index (χ0n) is 9.59. The Labute approximate surface area is 111 Å². The molecule has 1 N–H and O–H groups in total. The van der Waals surface area contributed by atoms with Gasteiger partial charge in [-0.2, -0.15) is 0 Å². The van der Waals surface area contributed by atoms with E-state index in [1.165, 1.54) is 37.1 Å². The Hall–Kier alpha value is -0.290. The van der Waals surface area contributed by atoms with E-state index in [0.717, 1.165) is 6.54 Å². The fourth-order valence-corrected chi connectivity index (χ4v) is 3.42. The normalized spacial score (nSPS) is 21.0. The van der Waals surface area contributed by atoms with Crippen LogP contribution in [0.5, 0.6) is 0 Å². The first-order chi connectivity index (χ1) is 7.75. The first-order valence-electron chi connectivity index (χ1n) is 5.96. The average Bonchev–Trinajstić information content (AvgIpc) is 3.06. The fourth-order valence-electron chi connectivity index (χ4n) is 2.78. The van der Waals surface area contributed by atoms with Gasteiger partial charge in [-0.15, -0.1) is 0 Å². The van der Waals surface area contributed by atoms with Gasteiger partial charge in [0.1, 0.15) is 0 Å².